The first kappa shape index (κ1) is 28.3. The van der Waals surface area contributed by atoms with Gasteiger partial charge in [-0.1, -0.05) is 0 Å². The van der Waals surface area contributed by atoms with Gasteiger partial charge >= 0.3 is 11.9 Å². The standard InChI is InChI=1S/C19H23N3O7S.C2H2O4/c1-28-17-11-14(12-18(29-2)19(17)23)13-20-7-9-21(10-8-20)30(26,27)16-5-3-15(4-6-16)22(24)25;3-1(4)2(5)6/h3-6,11-12,23H,7-10,13H2,1-2H3;(H,3,4)(H,5,6). The number of non-ortho nitro benzene ring substituents is 1. The summed E-state index contributed by atoms with van der Waals surface area (Å²) in [6.07, 6.45) is 0. The summed E-state index contributed by atoms with van der Waals surface area (Å²) < 4.78 is 37.4. The van der Waals surface area contributed by atoms with Crippen LogP contribution in [0.5, 0.6) is 17.2 Å². The van der Waals surface area contributed by atoms with E-state index in [1.165, 1.54) is 42.8 Å². The lowest BCUT2D eigenvalue weighted by molar-refractivity contribution is -0.384. The summed E-state index contributed by atoms with van der Waals surface area (Å²) in [6, 6.07) is 8.34. The number of methoxy groups -OCH3 is 2. The maximum Gasteiger partial charge on any atom is 0.414 e. The molecule has 1 aliphatic rings. The first-order valence-electron chi connectivity index (χ1n) is 10.3. The molecule has 1 heterocycles. The third-order valence-electron chi connectivity index (χ3n) is 5.15. The number of piperazine rings is 1. The van der Waals surface area contributed by atoms with Crippen molar-refractivity contribution >= 4 is 27.6 Å². The fraction of sp³-hybridized carbons (Fsp3) is 0.333. The first-order valence-corrected chi connectivity index (χ1v) is 11.7. The smallest absolute Gasteiger partial charge is 0.414 e. The second-order valence-corrected chi connectivity index (χ2v) is 9.33. The highest BCUT2D eigenvalue weighted by Gasteiger charge is 2.29. The van der Waals surface area contributed by atoms with Gasteiger partial charge in [-0.15, -0.1) is 0 Å². The van der Waals surface area contributed by atoms with Crippen LogP contribution in [0.2, 0.25) is 0 Å². The second-order valence-electron chi connectivity index (χ2n) is 7.39. The average molecular weight is 528 g/mol. The van der Waals surface area contributed by atoms with Crippen molar-refractivity contribution in [2.45, 2.75) is 11.4 Å². The molecular formula is C21H25N3O11S. The summed E-state index contributed by atoms with van der Waals surface area (Å²) in [7, 11) is -0.800. The number of hydrogen-bond acceptors (Lipinski definition) is 10. The number of benzene rings is 2. The molecule has 196 valence electrons. The number of rotatable bonds is 7. The van der Waals surface area contributed by atoms with E-state index in [1.807, 2.05) is 0 Å². The molecule has 14 nitrogen and oxygen atoms in total. The molecule has 3 N–H and O–H groups in total. The zero-order valence-electron chi connectivity index (χ0n) is 19.4. The highest BCUT2D eigenvalue weighted by molar-refractivity contribution is 7.89. The van der Waals surface area contributed by atoms with Crippen molar-refractivity contribution in [1.29, 1.82) is 0 Å². The lowest BCUT2D eigenvalue weighted by Gasteiger charge is -2.34. The molecule has 3 rings (SSSR count). The van der Waals surface area contributed by atoms with Gasteiger partial charge in [-0.25, -0.2) is 18.0 Å². The Balaban J connectivity index is 0.000000678. The van der Waals surface area contributed by atoms with E-state index in [9.17, 15) is 23.6 Å². The molecule has 2 aromatic rings. The van der Waals surface area contributed by atoms with E-state index >= 15 is 0 Å². The van der Waals surface area contributed by atoms with Crippen molar-refractivity contribution in [3.63, 3.8) is 0 Å². The van der Waals surface area contributed by atoms with E-state index < -0.39 is 26.9 Å². The normalized spacial score (nSPS) is 14.3. The van der Waals surface area contributed by atoms with Crippen molar-refractivity contribution in [2.75, 3.05) is 40.4 Å². The number of nitrogens with zero attached hydrogens (tertiary/aromatic N) is 3. The highest BCUT2D eigenvalue weighted by Crippen LogP contribution is 2.37. The molecule has 1 aliphatic heterocycles. The van der Waals surface area contributed by atoms with Crippen LogP contribution in [-0.2, 0) is 26.2 Å². The summed E-state index contributed by atoms with van der Waals surface area (Å²) in [5.74, 6) is -3.10. The zero-order valence-corrected chi connectivity index (χ0v) is 20.2. The summed E-state index contributed by atoms with van der Waals surface area (Å²) in [6.45, 7) is 2.16. The van der Waals surface area contributed by atoms with Crippen LogP contribution in [-0.4, -0.2) is 90.2 Å². The number of aromatic hydroxyl groups is 1. The van der Waals surface area contributed by atoms with Gasteiger partial charge in [0.25, 0.3) is 5.69 Å². The summed E-state index contributed by atoms with van der Waals surface area (Å²) in [5.41, 5.74) is 0.715. The number of carboxylic acid groups (broad SMARTS) is 2. The van der Waals surface area contributed by atoms with E-state index in [4.69, 9.17) is 29.3 Å². The van der Waals surface area contributed by atoms with Gasteiger partial charge in [0.1, 0.15) is 0 Å². The van der Waals surface area contributed by atoms with E-state index in [-0.39, 0.29) is 16.3 Å². The molecule has 0 unspecified atom stereocenters. The van der Waals surface area contributed by atoms with Crippen LogP contribution in [0.25, 0.3) is 0 Å². The Labute approximate surface area is 206 Å². The summed E-state index contributed by atoms with van der Waals surface area (Å²) >= 11 is 0. The van der Waals surface area contributed by atoms with Gasteiger partial charge in [0.05, 0.1) is 24.0 Å². The number of phenolic OH excluding ortho intramolecular Hbond substituents is 1. The number of nitro groups is 1. The molecule has 15 heteroatoms. The Morgan fingerprint density at radius 2 is 1.44 bits per heavy atom. The quantitative estimate of drug-likeness (QED) is 0.262. The molecule has 0 aromatic heterocycles. The maximum absolute atomic E-state index is 12.8. The number of carboxylic acids is 2. The summed E-state index contributed by atoms with van der Waals surface area (Å²) in [5, 5.41) is 35.6. The molecule has 2 aromatic carbocycles. The van der Waals surface area contributed by atoms with Crippen LogP contribution < -0.4 is 9.47 Å². The Morgan fingerprint density at radius 1 is 0.972 bits per heavy atom. The molecule has 0 radical (unpaired) electrons. The number of nitro benzene ring substituents is 1. The monoisotopic (exact) mass is 527 g/mol. The fourth-order valence-corrected chi connectivity index (χ4v) is 4.74. The molecule has 0 spiro atoms. The Morgan fingerprint density at radius 3 is 1.83 bits per heavy atom. The highest BCUT2D eigenvalue weighted by atomic mass is 32.2. The van der Waals surface area contributed by atoms with Gasteiger partial charge in [-0.05, 0) is 29.8 Å². The van der Waals surface area contributed by atoms with Gasteiger partial charge in [-0.2, -0.15) is 4.31 Å². The van der Waals surface area contributed by atoms with Crippen LogP contribution in [0, 0.1) is 10.1 Å². The van der Waals surface area contributed by atoms with Crippen LogP contribution in [0.3, 0.4) is 0 Å². The molecule has 0 atom stereocenters. The van der Waals surface area contributed by atoms with Crippen LogP contribution in [0.4, 0.5) is 5.69 Å². The third kappa shape index (κ3) is 7.03. The fourth-order valence-electron chi connectivity index (χ4n) is 3.31. The minimum atomic E-state index is -3.72. The minimum absolute atomic E-state index is 0.0366. The van der Waals surface area contributed by atoms with Gasteiger partial charge in [-0.3, -0.25) is 15.0 Å². The molecule has 0 saturated carbocycles. The minimum Gasteiger partial charge on any atom is -0.502 e. The number of aliphatic carboxylic acids is 2. The van der Waals surface area contributed by atoms with Crippen LogP contribution in [0.15, 0.2) is 41.3 Å². The molecule has 1 fully saturated rings. The number of ether oxygens (including phenoxy) is 2. The predicted octanol–water partition coefficient (Wildman–Crippen LogP) is 0.980. The van der Waals surface area contributed by atoms with Crippen molar-refractivity contribution in [3.8, 4) is 17.2 Å². The van der Waals surface area contributed by atoms with Gasteiger partial charge < -0.3 is 24.8 Å². The molecular weight excluding hydrogens is 502 g/mol. The zero-order chi connectivity index (χ0) is 27.0. The van der Waals surface area contributed by atoms with Crippen molar-refractivity contribution in [2.24, 2.45) is 0 Å². The second kappa shape index (κ2) is 12.1. The van der Waals surface area contributed by atoms with Crippen molar-refractivity contribution in [3.05, 3.63) is 52.1 Å². The SMILES string of the molecule is COc1cc(CN2CCN(S(=O)(=O)c3ccc([N+](=O)[O-])cc3)CC2)cc(OC)c1O.O=C(O)C(=O)O. The Kier molecular flexibility index (Phi) is 9.54. The summed E-state index contributed by atoms with van der Waals surface area (Å²) in [4.78, 5) is 30.5. The Hall–Kier alpha value is -3.95. The largest absolute Gasteiger partial charge is 0.502 e. The molecule has 0 bridgehead atoms. The molecule has 0 amide bonds. The number of carbonyl (C=O) groups is 2. The maximum atomic E-state index is 12.8. The van der Waals surface area contributed by atoms with E-state index in [0.717, 1.165) is 5.56 Å². The molecule has 0 aliphatic carbocycles. The van der Waals surface area contributed by atoms with Crippen LogP contribution >= 0.6 is 0 Å². The van der Waals surface area contributed by atoms with E-state index in [2.05, 4.69) is 4.90 Å². The predicted molar refractivity (Wildman–Crippen MR) is 124 cm³/mol. The van der Waals surface area contributed by atoms with Gasteiger partial charge in [0, 0.05) is 44.9 Å². The third-order valence-corrected chi connectivity index (χ3v) is 7.06. The first-order chi connectivity index (χ1) is 16.9. The van der Waals surface area contributed by atoms with E-state index in [0.29, 0.717) is 44.2 Å². The van der Waals surface area contributed by atoms with Crippen LogP contribution in [0.1, 0.15) is 5.56 Å². The van der Waals surface area contributed by atoms with Gasteiger partial charge in [0.2, 0.25) is 15.8 Å². The van der Waals surface area contributed by atoms with Crippen molar-refractivity contribution < 1.29 is 47.7 Å². The topological polar surface area (TPSA) is 197 Å². The lowest BCUT2D eigenvalue weighted by Crippen LogP contribution is -2.48. The lowest BCUT2D eigenvalue weighted by atomic mass is 10.1. The van der Waals surface area contributed by atoms with E-state index in [1.54, 1.807) is 12.1 Å². The molecule has 1 saturated heterocycles. The Bertz CT molecular complexity index is 1170. The van der Waals surface area contributed by atoms with Crippen molar-refractivity contribution in [1.82, 2.24) is 9.21 Å². The number of hydrogen-bond donors (Lipinski definition) is 3. The number of sulfonamides is 1. The molecule has 36 heavy (non-hydrogen) atoms. The van der Waals surface area contributed by atoms with Gasteiger partial charge in [0.15, 0.2) is 11.5 Å². The average Bonchev–Trinajstić information content (AvgIpc) is 2.85. The number of phenols is 1.